The van der Waals surface area contributed by atoms with Gasteiger partial charge in [0, 0.05) is 24.4 Å². The van der Waals surface area contributed by atoms with Crippen LogP contribution < -0.4 is 11.1 Å². The van der Waals surface area contributed by atoms with Crippen LogP contribution in [0.3, 0.4) is 0 Å². The van der Waals surface area contributed by atoms with Gasteiger partial charge in [0.1, 0.15) is 0 Å². The molecule has 5 heteroatoms. The number of carbonyl (C=O) groups is 1. The monoisotopic (exact) mass is 271 g/mol. The van der Waals surface area contributed by atoms with Crippen molar-refractivity contribution in [3.8, 4) is 0 Å². The number of likely N-dealkylation sites (tertiary alicyclic amines) is 1. The van der Waals surface area contributed by atoms with E-state index in [0.717, 1.165) is 32.5 Å². The summed E-state index contributed by atoms with van der Waals surface area (Å²) in [4.78, 5) is 14.5. The van der Waals surface area contributed by atoms with E-state index in [1.54, 1.807) is 0 Å². The van der Waals surface area contributed by atoms with E-state index in [9.17, 15) is 4.79 Å². The second-order valence-electron chi connectivity index (χ2n) is 5.74. The van der Waals surface area contributed by atoms with Crippen LogP contribution in [0.25, 0.3) is 0 Å². The number of amides is 1. The summed E-state index contributed by atoms with van der Waals surface area (Å²) in [7, 11) is 0. The van der Waals surface area contributed by atoms with Crippen LogP contribution in [-0.4, -0.2) is 41.5 Å². The van der Waals surface area contributed by atoms with Gasteiger partial charge in [0.05, 0.1) is 4.99 Å². The van der Waals surface area contributed by atoms with Gasteiger partial charge in [-0.05, 0) is 39.8 Å². The highest BCUT2D eigenvalue weighted by Gasteiger charge is 2.32. The Morgan fingerprint density at radius 3 is 2.44 bits per heavy atom. The first-order valence-electron chi connectivity index (χ1n) is 6.65. The van der Waals surface area contributed by atoms with E-state index in [2.05, 4.69) is 17.1 Å². The Kier molecular flexibility index (Phi) is 5.53. The third kappa shape index (κ3) is 4.53. The molecular weight excluding hydrogens is 246 g/mol. The number of carbonyl (C=O) groups excluding carboxylic acids is 1. The average Bonchev–Trinajstić information content (AvgIpc) is 2.27. The van der Waals surface area contributed by atoms with Crippen molar-refractivity contribution in [2.75, 3.05) is 19.6 Å². The first kappa shape index (κ1) is 15.4. The Bertz CT molecular complexity index is 309. The molecule has 0 aliphatic carbocycles. The lowest BCUT2D eigenvalue weighted by Crippen LogP contribution is -2.45. The maximum Gasteiger partial charge on any atom is 0.221 e. The first-order chi connectivity index (χ1) is 8.33. The smallest absolute Gasteiger partial charge is 0.221 e. The molecule has 1 aliphatic rings. The fraction of sp³-hybridized carbons (Fsp3) is 0.846. The minimum absolute atomic E-state index is 0.00598. The van der Waals surface area contributed by atoms with Gasteiger partial charge in [-0.3, -0.25) is 4.79 Å². The van der Waals surface area contributed by atoms with E-state index in [4.69, 9.17) is 18.0 Å². The van der Waals surface area contributed by atoms with Crippen LogP contribution in [-0.2, 0) is 4.79 Å². The molecule has 1 heterocycles. The number of piperidine rings is 1. The minimum atomic E-state index is 0.00598. The zero-order valence-corrected chi connectivity index (χ0v) is 12.5. The van der Waals surface area contributed by atoms with Crippen molar-refractivity contribution < 1.29 is 4.79 Å². The molecule has 104 valence electrons. The zero-order valence-electron chi connectivity index (χ0n) is 11.7. The van der Waals surface area contributed by atoms with Crippen LogP contribution in [0.1, 0.15) is 40.0 Å². The summed E-state index contributed by atoms with van der Waals surface area (Å²) in [5, 5.41) is 2.91. The van der Waals surface area contributed by atoms with Crippen LogP contribution in [0.5, 0.6) is 0 Å². The van der Waals surface area contributed by atoms with Crippen molar-refractivity contribution in [2.45, 2.75) is 46.1 Å². The molecule has 1 aliphatic heterocycles. The summed E-state index contributed by atoms with van der Waals surface area (Å²) in [6.45, 7) is 8.87. The fourth-order valence-electron chi connectivity index (χ4n) is 2.17. The van der Waals surface area contributed by atoms with Crippen LogP contribution in [0, 0.1) is 5.41 Å². The number of nitrogens with two attached hydrogens (primary N) is 1. The zero-order chi connectivity index (χ0) is 13.8. The molecule has 1 rings (SSSR count). The highest BCUT2D eigenvalue weighted by atomic mass is 32.1. The summed E-state index contributed by atoms with van der Waals surface area (Å²) >= 11 is 5.12. The summed E-state index contributed by atoms with van der Waals surface area (Å²) in [6, 6.07) is 0.219. The normalized spacial score (nSPS) is 19.8. The molecule has 0 aromatic rings. The van der Waals surface area contributed by atoms with Gasteiger partial charge in [-0.2, -0.15) is 0 Å². The quantitative estimate of drug-likeness (QED) is 0.740. The number of nitrogens with one attached hydrogen (secondary N) is 1. The SMILES string of the molecule is CC(C)NC(=O)CCN1CCC(C)(C(N)=S)CC1. The van der Waals surface area contributed by atoms with E-state index < -0.39 is 0 Å². The summed E-state index contributed by atoms with van der Waals surface area (Å²) in [6.07, 6.45) is 2.56. The van der Waals surface area contributed by atoms with Gasteiger partial charge >= 0.3 is 0 Å². The topological polar surface area (TPSA) is 58.4 Å². The maximum absolute atomic E-state index is 11.6. The van der Waals surface area contributed by atoms with Crippen molar-refractivity contribution in [1.29, 1.82) is 0 Å². The molecular formula is C13H25N3OS. The van der Waals surface area contributed by atoms with E-state index >= 15 is 0 Å². The molecule has 3 N–H and O–H groups in total. The molecule has 18 heavy (non-hydrogen) atoms. The maximum atomic E-state index is 11.6. The first-order valence-corrected chi connectivity index (χ1v) is 7.06. The van der Waals surface area contributed by atoms with Gasteiger partial charge in [0.25, 0.3) is 0 Å². The molecule has 0 saturated carbocycles. The second kappa shape index (κ2) is 6.48. The lowest BCUT2D eigenvalue weighted by molar-refractivity contribution is -0.122. The standard InChI is InChI=1S/C13H25N3OS/c1-10(2)15-11(17)4-7-16-8-5-13(3,6-9-16)12(14)18/h10H,4-9H2,1-3H3,(H2,14,18)(H,15,17). The molecule has 0 radical (unpaired) electrons. The molecule has 0 aromatic heterocycles. The van der Waals surface area contributed by atoms with Crippen molar-refractivity contribution in [1.82, 2.24) is 10.2 Å². The molecule has 0 spiro atoms. The number of hydrogen-bond acceptors (Lipinski definition) is 3. The Morgan fingerprint density at radius 1 is 1.44 bits per heavy atom. The minimum Gasteiger partial charge on any atom is -0.393 e. The highest BCUT2D eigenvalue weighted by Crippen LogP contribution is 2.30. The number of nitrogens with zero attached hydrogens (tertiary/aromatic N) is 1. The highest BCUT2D eigenvalue weighted by molar-refractivity contribution is 7.80. The number of thiocarbonyl (C=S) groups is 1. The lowest BCUT2D eigenvalue weighted by atomic mass is 9.80. The van der Waals surface area contributed by atoms with Gasteiger partial charge in [0.2, 0.25) is 5.91 Å². The number of hydrogen-bond donors (Lipinski definition) is 2. The van der Waals surface area contributed by atoms with Crippen LogP contribution >= 0.6 is 12.2 Å². The largest absolute Gasteiger partial charge is 0.393 e. The Morgan fingerprint density at radius 2 is 2.00 bits per heavy atom. The third-order valence-electron chi connectivity index (χ3n) is 3.66. The lowest BCUT2D eigenvalue weighted by Gasteiger charge is -2.38. The van der Waals surface area contributed by atoms with Crippen LogP contribution in [0.15, 0.2) is 0 Å². The van der Waals surface area contributed by atoms with Crippen molar-refractivity contribution in [2.24, 2.45) is 11.1 Å². The summed E-state index contributed by atoms with van der Waals surface area (Å²) in [5.74, 6) is 0.132. The van der Waals surface area contributed by atoms with Gasteiger partial charge in [-0.1, -0.05) is 19.1 Å². The Hall–Kier alpha value is -0.680. The van der Waals surface area contributed by atoms with Crippen molar-refractivity contribution in [3.05, 3.63) is 0 Å². The van der Waals surface area contributed by atoms with Gasteiger partial charge in [-0.15, -0.1) is 0 Å². The molecule has 0 atom stereocenters. The summed E-state index contributed by atoms with van der Waals surface area (Å²) in [5.41, 5.74) is 5.78. The van der Waals surface area contributed by atoms with Crippen molar-refractivity contribution in [3.63, 3.8) is 0 Å². The van der Waals surface area contributed by atoms with Crippen LogP contribution in [0.2, 0.25) is 0 Å². The number of rotatable bonds is 5. The van der Waals surface area contributed by atoms with Gasteiger partial charge < -0.3 is 16.0 Å². The van der Waals surface area contributed by atoms with E-state index in [1.807, 2.05) is 13.8 Å². The second-order valence-corrected chi connectivity index (χ2v) is 6.18. The predicted octanol–water partition coefficient (Wildman–Crippen LogP) is 1.29. The molecule has 1 fully saturated rings. The van der Waals surface area contributed by atoms with E-state index in [0.29, 0.717) is 11.4 Å². The predicted molar refractivity (Wildman–Crippen MR) is 78.5 cm³/mol. The van der Waals surface area contributed by atoms with E-state index in [-0.39, 0.29) is 17.4 Å². The van der Waals surface area contributed by atoms with Crippen LogP contribution in [0.4, 0.5) is 0 Å². The van der Waals surface area contributed by atoms with Gasteiger partial charge in [-0.25, -0.2) is 0 Å². The summed E-state index contributed by atoms with van der Waals surface area (Å²) < 4.78 is 0. The fourth-order valence-corrected chi connectivity index (χ4v) is 2.37. The molecule has 1 saturated heterocycles. The van der Waals surface area contributed by atoms with Crippen molar-refractivity contribution >= 4 is 23.1 Å². The third-order valence-corrected chi connectivity index (χ3v) is 4.15. The molecule has 1 amide bonds. The average molecular weight is 271 g/mol. The van der Waals surface area contributed by atoms with E-state index in [1.165, 1.54) is 0 Å². The molecule has 0 aromatic carbocycles. The van der Waals surface area contributed by atoms with Gasteiger partial charge in [0.15, 0.2) is 0 Å². The molecule has 0 unspecified atom stereocenters. The Labute approximate surface area is 115 Å². The Balaban J connectivity index is 2.28. The molecule has 4 nitrogen and oxygen atoms in total. The molecule has 0 bridgehead atoms.